The first-order chi connectivity index (χ1) is 28.9. The molecule has 8 aromatic rings. The predicted molar refractivity (Wildman–Crippen MR) is 241 cm³/mol. The Morgan fingerprint density at radius 3 is 2.17 bits per heavy atom. The number of rotatable bonds is 3. The molecule has 9 rings (SSSR count). The SMILES string of the molecule is CC(C)(C)c1ccc(-c2[c-]cccc2)nc1.[2H]C([2H])([2H])c1cnc(-c2[c-]ccc3c2oc2cc4c(ccc5ccc6c(c54)C(C)(C)CCC6(C)C)cc23)cc1C([2H])([2H])C(C)(C)C.[Ir]. The van der Waals surface area contributed by atoms with Gasteiger partial charge in [0.15, 0.2) is 0 Å². The average Bonchev–Trinajstić information content (AvgIpc) is 3.58. The number of furan rings is 1. The van der Waals surface area contributed by atoms with Crippen molar-refractivity contribution in [3.8, 4) is 22.5 Å². The van der Waals surface area contributed by atoms with Gasteiger partial charge in [-0.1, -0.05) is 128 Å². The van der Waals surface area contributed by atoms with Crippen molar-refractivity contribution in [2.45, 2.75) is 112 Å². The third-order valence-electron chi connectivity index (χ3n) is 11.6. The molecule has 3 aromatic heterocycles. The maximum atomic E-state index is 8.97. The van der Waals surface area contributed by atoms with E-state index in [1.807, 2.05) is 42.6 Å². The Kier molecular flexibility index (Phi) is 9.25. The summed E-state index contributed by atoms with van der Waals surface area (Å²) in [6.45, 7) is 18.8. The van der Waals surface area contributed by atoms with Crippen LogP contribution in [0.5, 0.6) is 0 Å². The first kappa shape index (κ1) is 35.3. The van der Waals surface area contributed by atoms with Crippen LogP contribution in [0.2, 0.25) is 0 Å². The molecule has 1 aliphatic carbocycles. The zero-order chi connectivity index (χ0) is 44.8. The topological polar surface area (TPSA) is 38.9 Å². The fraction of sp³-hybridized carbons (Fsp3) is 0.333. The van der Waals surface area contributed by atoms with Gasteiger partial charge >= 0.3 is 0 Å². The van der Waals surface area contributed by atoms with Crippen molar-refractivity contribution in [2.75, 3.05) is 0 Å². The molecule has 299 valence electrons. The van der Waals surface area contributed by atoms with Gasteiger partial charge in [-0.2, -0.15) is 0 Å². The third-order valence-corrected chi connectivity index (χ3v) is 11.6. The van der Waals surface area contributed by atoms with Crippen molar-refractivity contribution in [1.82, 2.24) is 9.97 Å². The van der Waals surface area contributed by atoms with Gasteiger partial charge in [0.25, 0.3) is 0 Å². The molecule has 0 saturated heterocycles. The van der Waals surface area contributed by atoms with Crippen LogP contribution in [-0.2, 0) is 42.7 Å². The number of hydrogen-bond acceptors (Lipinski definition) is 3. The second-order valence-electron chi connectivity index (χ2n) is 19.1. The minimum atomic E-state index is -2.51. The van der Waals surface area contributed by atoms with Crippen LogP contribution < -0.4 is 0 Å². The zero-order valence-electron chi connectivity index (χ0n) is 40.4. The number of aryl methyl sites for hydroxylation is 1. The molecule has 3 nitrogen and oxygen atoms in total. The first-order valence-corrected chi connectivity index (χ1v) is 20.1. The molecule has 5 aromatic carbocycles. The summed E-state index contributed by atoms with van der Waals surface area (Å²) in [6, 6.07) is 37.3. The predicted octanol–water partition coefficient (Wildman–Crippen LogP) is 14.8. The molecule has 0 saturated carbocycles. The van der Waals surface area contributed by atoms with Crippen LogP contribution in [0.3, 0.4) is 0 Å². The fourth-order valence-corrected chi connectivity index (χ4v) is 8.38. The quantitative estimate of drug-likeness (QED) is 0.131. The normalized spacial score (nSPS) is 16.6. The molecule has 1 radical (unpaired) electrons. The van der Waals surface area contributed by atoms with E-state index in [4.69, 9.17) is 11.3 Å². The molecule has 0 spiro atoms. The van der Waals surface area contributed by atoms with Crippen molar-refractivity contribution in [1.29, 1.82) is 0 Å². The van der Waals surface area contributed by atoms with E-state index in [1.165, 1.54) is 33.7 Å². The van der Waals surface area contributed by atoms with E-state index in [9.17, 15) is 0 Å². The van der Waals surface area contributed by atoms with Crippen LogP contribution in [-0.4, -0.2) is 9.97 Å². The first-order valence-electron chi connectivity index (χ1n) is 22.6. The van der Waals surface area contributed by atoms with Gasteiger partial charge in [0.2, 0.25) is 0 Å². The van der Waals surface area contributed by atoms with E-state index in [2.05, 4.69) is 119 Å². The van der Waals surface area contributed by atoms with Crippen molar-refractivity contribution < 1.29 is 31.4 Å². The number of nitrogens with zero attached hydrogens (tertiary/aromatic N) is 2. The van der Waals surface area contributed by atoms with E-state index >= 15 is 0 Å². The second-order valence-corrected chi connectivity index (χ2v) is 19.1. The monoisotopic (exact) mass is 946 g/mol. The summed E-state index contributed by atoms with van der Waals surface area (Å²) in [5.74, 6) is 0. The number of aromatic nitrogens is 2. The molecule has 3 heterocycles. The molecule has 58 heavy (non-hydrogen) atoms. The number of pyridine rings is 2. The van der Waals surface area contributed by atoms with Gasteiger partial charge in [-0.25, -0.2) is 0 Å². The Morgan fingerprint density at radius 1 is 0.741 bits per heavy atom. The number of hydrogen-bond donors (Lipinski definition) is 0. The Morgan fingerprint density at radius 2 is 1.48 bits per heavy atom. The largest absolute Gasteiger partial charge is 0.501 e. The van der Waals surface area contributed by atoms with Gasteiger partial charge in [0.05, 0.1) is 5.58 Å². The van der Waals surface area contributed by atoms with Gasteiger partial charge in [-0.15, -0.1) is 54.1 Å². The van der Waals surface area contributed by atoms with Gasteiger partial charge < -0.3 is 14.4 Å². The summed E-state index contributed by atoms with van der Waals surface area (Å²) < 4.78 is 48.9. The Labute approximate surface area is 366 Å². The number of benzene rings is 5. The van der Waals surface area contributed by atoms with Crippen molar-refractivity contribution in [3.05, 3.63) is 143 Å². The second kappa shape index (κ2) is 15.2. The van der Waals surface area contributed by atoms with E-state index in [1.54, 1.807) is 26.8 Å². The van der Waals surface area contributed by atoms with Crippen LogP contribution in [0, 0.1) is 24.4 Å². The molecule has 4 heteroatoms. The van der Waals surface area contributed by atoms with E-state index in [0.29, 0.717) is 16.8 Å². The minimum Gasteiger partial charge on any atom is -0.501 e. The van der Waals surface area contributed by atoms with Gasteiger partial charge in [0, 0.05) is 44.7 Å². The van der Waals surface area contributed by atoms with Crippen LogP contribution in [0.4, 0.5) is 0 Å². The van der Waals surface area contributed by atoms with Gasteiger partial charge in [-0.05, 0) is 115 Å². The van der Waals surface area contributed by atoms with E-state index in [0.717, 1.165) is 51.2 Å². The summed E-state index contributed by atoms with van der Waals surface area (Å²) in [5.41, 5.74) is 7.94. The third kappa shape index (κ3) is 7.91. The molecular weight excluding hydrogens is 885 g/mol. The number of fused-ring (bicyclic) bond motifs is 8. The average molecular weight is 946 g/mol. The van der Waals surface area contributed by atoms with Gasteiger partial charge in [-0.3, -0.25) is 0 Å². The van der Waals surface area contributed by atoms with E-state index < -0.39 is 18.6 Å². The molecule has 0 N–H and O–H groups in total. The minimum absolute atomic E-state index is 0. The molecule has 0 unspecified atom stereocenters. The summed E-state index contributed by atoms with van der Waals surface area (Å²) >= 11 is 0. The van der Waals surface area contributed by atoms with Crippen molar-refractivity contribution in [3.63, 3.8) is 0 Å². The van der Waals surface area contributed by atoms with Crippen molar-refractivity contribution in [2.24, 2.45) is 5.41 Å². The molecule has 0 fully saturated rings. The summed E-state index contributed by atoms with van der Waals surface area (Å²) in [5, 5.41) is 6.71. The molecule has 0 amide bonds. The van der Waals surface area contributed by atoms with Crippen LogP contribution >= 0.6 is 0 Å². The van der Waals surface area contributed by atoms with Gasteiger partial charge in [0.1, 0.15) is 5.58 Å². The maximum Gasteiger partial charge on any atom is 0.121 e. The zero-order valence-corrected chi connectivity index (χ0v) is 37.8. The fourth-order valence-electron chi connectivity index (χ4n) is 8.38. The van der Waals surface area contributed by atoms with Crippen LogP contribution in [0.1, 0.15) is 117 Å². The molecule has 0 atom stereocenters. The molecule has 0 aliphatic heterocycles. The Bertz CT molecular complexity index is 2990. The molecule has 0 bridgehead atoms. The summed E-state index contributed by atoms with van der Waals surface area (Å²) in [7, 11) is 0. The van der Waals surface area contributed by atoms with Crippen LogP contribution in [0.15, 0.2) is 108 Å². The Hall–Kier alpha value is -4.63. The summed E-state index contributed by atoms with van der Waals surface area (Å²) in [4.78, 5) is 9.03. The summed E-state index contributed by atoms with van der Waals surface area (Å²) in [6.07, 6.45) is 3.59. The standard InChI is InChI=1S/C39H40NO.C15H16N.Ir/c1-23-22-40-32(19-26(23)21-37(2,3)4)28-11-9-10-27-30-18-25-13-12-24-14-15-31-35(39(7,8)17-16-38(31,5)6)34(24)29(25)20-33(30)41-36(27)28;1-15(2,3)13-9-10-14(16-11-13)12-7-5-4-6-8-12;/h9-10,12-15,18-20,22H,16-17,21H2,1-8H3;4-7,9-11H,1-3H3;/q2*-1;/i1D3,21D2;;. The maximum absolute atomic E-state index is 8.97. The molecular formula is C54H56IrN2O-2. The van der Waals surface area contributed by atoms with Crippen molar-refractivity contribution >= 4 is 43.5 Å². The van der Waals surface area contributed by atoms with Crippen LogP contribution in [0.25, 0.3) is 66.0 Å². The molecule has 1 aliphatic rings. The Balaban J connectivity index is 0.000000295. The van der Waals surface area contributed by atoms with E-state index in [-0.39, 0.29) is 47.5 Å². The smallest absolute Gasteiger partial charge is 0.121 e.